The summed E-state index contributed by atoms with van der Waals surface area (Å²) in [6.45, 7) is 1.90. The van der Waals surface area contributed by atoms with Gasteiger partial charge < -0.3 is 10.1 Å². The lowest BCUT2D eigenvalue weighted by atomic mass is 10.0. The number of carbonyl (C=O) groups excluding carboxylic acids is 1. The lowest BCUT2D eigenvalue weighted by molar-refractivity contribution is -0.123. The van der Waals surface area contributed by atoms with E-state index < -0.39 is 0 Å². The van der Waals surface area contributed by atoms with Gasteiger partial charge >= 0.3 is 0 Å². The maximum absolute atomic E-state index is 11.9. The Hall–Kier alpha value is -0.900. The Morgan fingerprint density at radius 2 is 2.44 bits per heavy atom. The fourth-order valence-corrected chi connectivity index (χ4v) is 1.96. The number of ether oxygens (including phenoxy) is 1. The van der Waals surface area contributed by atoms with E-state index in [-0.39, 0.29) is 11.8 Å². The van der Waals surface area contributed by atoms with Gasteiger partial charge in [-0.15, -0.1) is 0 Å². The highest BCUT2D eigenvalue weighted by Gasteiger charge is 2.20. The lowest BCUT2D eigenvalue weighted by Gasteiger charge is -2.22. The van der Waals surface area contributed by atoms with E-state index in [4.69, 9.17) is 16.3 Å². The molecule has 1 aromatic carbocycles. The fourth-order valence-electron chi connectivity index (χ4n) is 1.74. The van der Waals surface area contributed by atoms with Crippen molar-refractivity contribution in [3.8, 4) is 0 Å². The minimum Gasteiger partial charge on any atom is -0.378 e. The molecule has 1 fully saturated rings. The largest absolute Gasteiger partial charge is 0.378 e. The van der Waals surface area contributed by atoms with E-state index in [0.717, 1.165) is 12.1 Å². The van der Waals surface area contributed by atoms with E-state index in [2.05, 4.69) is 5.32 Å². The molecular weight excluding hydrogens is 226 g/mol. The van der Waals surface area contributed by atoms with E-state index >= 15 is 0 Å². The number of halogens is 1. The van der Waals surface area contributed by atoms with Gasteiger partial charge in [0.15, 0.2) is 5.78 Å². The second-order valence-corrected chi connectivity index (χ2v) is 4.29. The van der Waals surface area contributed by atoms with Gasteiger partial charge in [-0.2, -0.15) is 0 Å². The summed E-state index contributed by atoms with van der Waals surface area (Å²) in [4.78, 5) is 11.9. The van der Waals surface area contributed by atoms with Crippen LogP contribution < -0.4 is 5.32 Å². The Morgan fingerprint density at radius 3 is 3.12 bits per heavy atom. The first kappa shape index (κ1) is 11.6. The van der Waals surface area contributed by atoms with E-state index in [1.54, 1.807) is 6.07 Å². The monoisotopic (exact) mass is 239 g/mol. The number of rotatable bonds is 3. The van der Waals surface area contributed by atoms with Crippen molar-refractivity contribution in [3.63, 3.8) is 0 Å². The Balaban J connectivity index is 1.96. The number of benzene rings is 1. The third kappa shape index (κ3) is 3.04. The molecule has 0 aliphatic carbocycles. The van der Waals surface area contributed by atoms with Gasteiger partial charge in [-0.05, 0) is 17.7 Å². The number of Topliss-reactive ketones (excluding diaryl/α,β-unsaturated/α-hetero) is 1. The molecule has 3 nitrogen and oxygen atoms in total. The summed E-state index contributed by atoms with van der Waals surface area (Å²) in [5, 5.41) is 3.81. The summed E-state index contributed by atoms with van der Waals surface area (Å²) in [6, 6.07) is 7.22. The summed E-state index contributed by atoms with van der Waals surface area (Å²) in [5.41, 5.74) is 0.949. The van der Waals surface area contributed by atoms with Gasteiger partial charge in [-0.1, -0.05) is 23.7 Å². The highest BCUT2D eigenvalue weighted by Crippen LogP contribution is 2.12. The van der Waals surface area contributed by atoms with Crippen molar-refractivity contribution >= 4 is 17.4 Å². The molecule has 0 radical (unpaired) electrons. The van der Waals surface area contributed by atoms with Crippen LogP contribution in [0.25, 0.3) is 0 Å². The molecule has 0 bridgehead atoms. The quantitative estimate of drug-likeness (QED) is 0.868. The van der Waals surface area contributed by atoms with E-state index in [1.165, 1.54) is 0 Å². The number of nitrogens with one attached hydrogen (secondary N) is 1. The number of carbonyl (C=O) groups is 1. The molecule has 0 saturated carbocycles. The molecule has 0 spiro atoms. The summed E-state index contributed by atoms with van der Waals surface area (Å²) >= 11 is 5.86. The Kier molecular flexibility index (Phi) is 3.93. The third-order valence-electron chi connectivity index (χ3n) is 2.58. The Labute approximate surface area is 99.7 Å². The van der Waals surface area contributed by atoms with Crippen molar-refractivity contribution in [1.82, 2.24) is 5.32 Å². The zero-order chi connectivity index (χ0) is 11.4. The Morgan fingerprint density at radius 1 is 1.56 bits per heavy atom. The molecule has 1 N–H and O–H groups in total. The average molecular weight is 240 g/mol. The first-order chi connectivity index (χ1) is 7.75. The van der Waals surface area contributed by atoms with E-state index in [0.29, 0.717) is 24.7 Å². The number of hydrogen-bond acceptors (Lipinski definition) is 3. The molecule has 1 aromatic rings. The first-order valence-corrected chi connectivity index (χ1v) is 5.72. The summed E-state index contributed by atoms with van der Waals surface area (Å²) < 4.78 is 5.26. The molecule has 16 heavy (non-hydrogen) atoms. The lowest BCUT2D eigenvalue weighted by Crippen LogP contribution is -2.47. The molecule has 1 heterocycles. The van der Waals surface area contributed by atoms with Gasteiger partial charge in [0.1, 0.15) is 0 Å². The van der Waals surface area contributed by atoms with Crippen LogP contribution in [0.4, 0.5) is 0 Å². The third-order valence-corrected chi connectivity index (χ3v) is 2.81. The standard InChI is InChI=1S/C12H14ClNO2/c13-10-3-1-2-9(6-10)7-12(15)11-8-16-5-4-14-11/h1-3,6,11,14H,4-5,7-8H2. The van der Waals surface area contributed by atoms with Crippen molar-refractivity contribution in [2.75, 3.05) is 19.8 Å². The second kappa shape index (κ2) is 5.43. The molecule has 4 heteroatoms. The predicted octanol–water partition coefficient (Wildman–Crippen LogP) is 1.44. The van der Waals surface area contributed by atoms with Gasteiger partial charge in [0.2, 0.25) is 0 Å². The number of morpholine rings is 1. The topological polar surface area (TPSA) is 38.3 Å². The van der Waals surface area contributed by atoms with Gasteiger partial charge in [-0.25, -0.2) is 0 Å². The van der Waals surface area contributed by atoms with Crippen LogP contribution in [0.5, 0.6) is 0 Å². The Bertz CT molecular complexity index is 375. The zero-order valence-corrected chi connectivity index (χ0v) is 9.67. The molecule has 1 aliphatic rings. The first-order valence-electron chi connectivity index (χ1n) is 5.34. The van der Waals surface area contributed by atoms with Crippen molar-refractivity contribution in [2.45, 2.75) is 12.5 Å². The van der Waals surface area contributed by atoms with Crippen LogP contribution in [0.15, 0.2) is 24.3 Å². The average Bonchev–Trinajstić information content (AvgIpc) is 2.30. The van der Waals surface area contributed by atoms with Crippen LogP contribution >= 0.6 is 11.6 Å². The number of ketones is 1. The van der Waals surface area contributed by atoms with Crippen molar-refractivity contribution < 1.29 is 9.53 Å². The highest BCUT2D eigenvalue weighted by molar-refractivity contribution is 6.30. The predicted molar refractivity (Wildman–Crippen MR) is 62.8 cm³/mol. The van der Waals surface area contributed by atoms with Crippen LogP contribution in [0.1, 0.15) is 5.56 Å². The fraction of sp³-hybridized carbons (Fsp3) is 0.417. The van der Waals surface area contributed by atoms with Crippen LogP contribution in [-0.4, -0.2) is 31.6 Å². The molecule has 1 atom stereocenters. The highest BCUT2D eigenvalue weighted by atomic mass is 35.5. The molecule has 0 aromatic heterocycles. The number of hydrogen-bond donors (Lipinski definition) is 1. The molecule has 1 unspecified atom stereocenters. The van der Waals surface area contributed by atoms with Gasteiger partial charge in [0.25, 0.3) is 0 Å². The van der Waals surface area contributed by atoms with Crippen LogP contribution in [0.3, 0.4) is 0 Å². The van der Waals surface area contributed by atoms with Crippen molar-refractivity contribution in [1.29, 1.82) is 0 Å². The molecule has 2 rings (SSSR count). The van der Waals surface area contributed by atoms with E-state index in [1.807, 2.05) is 18.2 Å². The van der Waals surface area contributed by atoms with Crippen LogP contribution in [0.2, 0.25) is 5.02 Å². The molecule has 0 amide bonds. The van der Waals surface area contributed by atoms with Gasteiger partial charge in [0, 0.05) is 18.0 Å². The van der Waals surface area contributed by atoms with Gasteiger partial charge in [-0.3, -0.25) is 4.79 Å². The van der Waals surface area contributed by atoms with Crippen LogP contribution in [-0.2, 0) is 16.0 Å². The summed E-state index contributed by atoms with van der Waals surface area (Å²) in [7, 11) is 0. The maximum Gasteiger partial charge on any atom is 0.156 e. The summed E-state index contributed by atoms with van der Waals surface area (Å²) in [6.07, 6.45) is 0.404. The SMILES string of the molecule is O=C(Cc1cccc(Cl)c1)C1COCCN1. The molecule has 1 saturated heterocycles. The van der Waals surface area contributed by atoms with Crippen LogP contribution in [0, 0.1) is 0 Å². The zero-order valence-electron chi connectivity index (χ0n) is 8.91. The van der Waals surface area contributed by atoms with Crippen molar-refractivity contribution in [3.05, 3.63) is 34.9 Å². The summed E-state index contributed by atoms with van der Waals surface area (Å²) in [5.74, 6) is 0.155. The van der Waals surface area contributed by atoms with E-state index in [9.17, 15) is 4.79 Å². The molecule has 1 aliphatic heterocycles. The maximum atomic E-state index is 11.9. The minimum absolute atomic E-state index is 0.155. The van der Waals surface area contributed by atoms with Gasteiger partial charge in [0.05, 0.1) is 19.3 Å². The molecular formula is C12H14ClNO2. The normalized spacial score (nSPS) is 20.7. The minimum atomic E-state index is -0.173. The van der Waals surface area contributed by atoms with Crippen molar-refractivity contribution in [2.24, 2.45) is 0 Å². The smallest absolute Gasteiger partial charge is 0.156 e. The molecule has 86 valence electrons. The second-order valence-electron chi connectivity index (χ2n) is 3.85.